The van der Waals surface area contributed by atoms with E-state index in [1.54, 1.807) is 0 Å². The van der Waals surface area contributed by atoms with Gasteiger partial charge in [-0.2, -0.15) is 0 Å². The van der Waals surface area contributed by atoms with Gasteiger partial charge in [0.15, 0.2) is 9.84 Å². The predicted molar refractivity (Wildman–Crippen MR) is 78.4 cm³/mol. The molecule has 7 heteroatoms. The zero-order valence-corrected chi connectivity index (χ0v) is 12.7. The van der Waals surface area contributed by atoms with Crippen molar-refractivity contribution in [3.63, 3.8) is 0 Å². The molecule has 22 heavy (non-hydrogen) atoms. The second-order valence-corrected chi connectivity index (χ2v) is 7.45. The lowest BCUT2D eigenvalue weighted by Gasteiger charge is -2.08. The third-order valence-corrected chi connectivity index (χ3v) is 5.09. The maximum absolute atomic E-state index is 12.9. The molecular weight excluding hydrogens is 309 g/mol. The topological polar surface area (TPSA) is 69.4 Å². The monoisotopic (exact) mass is 325 g/mol. The van der Waals surface area contributed by atoms with Gasteiger partial charge in [0.25, 0.3) is 0 Å². The number of sulfone groups is 1. The minimum atomic E-state index is -3.30. The van der Waals surface area contributed by atoms with Gasteiger partial charge in [0.2, 0.25) is 5.89 Å². The maximum atomic E-state index is 12.9. The first kappa shape index (κ1) is 15.2. The lowest BCUT2D eigenvalue weighted by atomic mass is 10.2. The number of aromatic nitrogens is 1. The molecule has 1 fully saturated rings. The molecule has 1 aliphatic heterocycles. The van der Waals surface area contributed by atoms with Crippen molar-refractivity contribution in [1.82, 2.24) is 4.98 Å². The van der Waals surface area contributed by atoms with Crippen LogP contribution in [0.4, 0.5) is 4.39 Å². The van der Waals surface area contributed by atoms with Crippen LogP contribution in [0.5, 0.6) is 0 Å². The van der Waals surface area contributed by atoms with Crippen LogP contribution in [0.2, 0.25) is 0 Å². The maximum Gasteiger partial charge on any atom is 0.226 e. The van der Waals surface area contributed by atoms with E-state index in [1.807, 2.05) is 0 Å². The number of hydrogen-bond acceptors (Lipinski definition) is 5. The van der Waals surface area contributed by atoms with Crippen molar-refractivity contribution < 1.29 is 22.0 Å². The molecule has 0 bridgehead atoms. The van der Waals surface area contributed by atoms with Gasteiger partial charge in [-0.3, -0.25) is 0 Å². The first-order valence-electron chi connectivity index (χ1n) is 7.04. The van der Waals surface area contributed by atoms with Gasteiger partial charge in [0, 0.05) is 12.2 Å². The lowest BCUT2D eigenvalue weighted by Crippen LogP contribution is -2.21. The van der Waals surface area contributed by atoms with Crippen LogP contribution in [0, 0.1) is 5.82 Å². The van der Waals surface area contributed by atoms with E-state index in [0.29, 0.717) is 17.9 Å². The second kappa shape index (κ2) is 6.18. The molecule has 0 aliphatic carbocycles. The van der Waals surface area contributed by atoms with Crippen LogP contribution in [0.1, 0.15) is 18.5 Å². The molecule has 0 amide bonds. The van der Waals surface area contributed by atoms with Gasteiger partial charge in [-0.25, -0.2) is 17.8 Å². The largest absolute Gasteiger partial charge is 0.444 e. The molecule has 0 saturated carbocycles. The van der Waals surface area contributed by atoms with Crippen LogP contribution in [0.15, 0.2) is 34.9 Å². The summed E-state index contributed by atoms with van der Waals surface area (Å²) >= 11 is 0. The van der Waals surface area contributed by atoms with E-state index in [1.165, 1.54) is 30.5 Å². The average molecular weight is 325 g/mol. The molecule has 1 aromatic heterocycles. The summed E-state index contributed by atoms with van der Waals surface area (Å²) in [6.07, 6.45) is 2.79. The summed E-state index contributed by atoms with van der Waals surface area (Å²) in [6, 6.07) is 5.67. The molecule has 2 heterocycles. The molecule has 1 aromatic carbocycles. The Hall–Kier alpha value is -1.73. The van der Waals surface area contributed by atoms with Gasteiger partial charge < -0.3 is 9.15 Å². The quantitative estimate of drug-likeness (QED) is 0.845. The fourth-order valence-electron chi connectivity index (χ4n) is 2.44. The minimum absolute atomic E-state index is 0.00570. The summed E-state index contributed by atoms with van der Waals surface area (Å²) in [4.78, 5) is 4.16. The number of rotatable bonds is 5. The Bertz CT molecular complexity index is 733. The van der Waals surface area contributed by atoms with E-state index in [2.05, 4.69) is 4.98 Å². The molecule has 0 radical (unpaired) electrons. The van der Waals surface area contributed by atoms with Crippen molar-refractivity contribution in [3.05, 3.63) is 42.0 Å². The highest BCUT2D eigenvalue weighted by atomic mass is 32.2. The van der Waals surface area contributed by atoms with Gasteiger partial charge in [0.1, 0.15) is 12.1 Å². The van der Waals surface area contributed by atoms with Crippen LogP contribution >= 0.6 is 0 Å². The third-order valence-electron chi connectivity index (χ3n) is 3.47. The van der Waals surface area contributed by atoms with Gasteiger partial charge in [-0.1, -0.05) is 0 Å². The van der Waals surface area contributed by atoms with Crippen molar-refractivity contribution in [2.75, 3.05) is 12.4 Å². The van der Waals surface area contributed by atoms with Crippen molar-refractivity contribution in [3.8, 4) is 11.5 Å². The van der Waals surface area contributed by atoms with E-state index in [0.717, 1.165) is 12.8 Å². The summed E-state index contributed by atoms with van der Waals surface area (Å²) in [6.45, 7) is 0.624. The van der Waals surface area contributed by atoms with Gasteiger partial charge in [0.05, 0.1) is 23.3 Å². The molecule has 2 aromatic rings. The van der Waals surface area contributed by atoms with Crippen LogP contribution in [0.3, 0.4) is 0 Å². The smallest absolute Gasteiger partial charge is 0.226 e. The van der Waals surface area contributed by atoms with E-state index in [-0.39, 0.29) is 29.3 Å². The predicted octanol–water partition coefficient (Wildman–Crippen LogP) is 2.57. The lowest BCUT2D eigenvalue weighted by molar-refractivity contribution is 0.127. The Morgan fingerprint density at radius 1 is 1.27 bits per heavy atom. The summed E-state index contributed by atoms with van der Waals surface area (Å²) in [5.74, 6) is -0.250. The van der Waals surface area contributed by atoms with Crippen molar-refractivity contribution in [1.29, 1.82) is 0 Å². The van der Waals surface area contributed by atoms with Crippen LogP contribution < -0.4 is 0 Å². The minimum Gasteiger partial charge on any atom is -0.444 e. The Morgan fingerprint density at radius 2 is 2.05 bits per heavy atom. The Labute approximate surface area is 128 Å². The molecule has 5 nitrogen and oxygen atoms in total. The first-order chi connectivity index (χ1) is 10.5. The SMILES string of the molecule is O=S(=O)(Cc1coc(-c2ccc(F)cc2)n1)C[C@@H]1CCCO1. The number of oxazole rings is 1. The highest BCUT2D eigenvalue weighted by molar-refractivity contribution is 7.90. The zero-order chi connectivity index (χ0) is 15.6. The molecule has 1 atom stereocenters. The zero-order valence-electron chi connectivity index (χ0n) is 11.9. The van der Waals surface area contributed by atoms with Gasteiger partial charge >= 0.3 is 0 Å². The average Bonchev–Trinajstić information content (AvgIpc) is 3.10. The molecule has 0 unspecified atom stereocenters. The summed E-state index contributed by atoms with van der Waals surface area (Å²) in [5, 5.41) is 0. The fourth-order valence-corrected chi connectivity index (χ4v) is 3.97. The Kier molecular flexibility index (Phi) is 4.26. The number of benzene rings is 1. The molecule has 1 aliphatic rings. The molecule has 118 valence electrons. The van der Waals surface area contributed by atoms with Crippen molar-refractivity contribution in [2.24, 2.45) is 0 Å². The second-order valence-electron chi connectivity index (χ2n) is 5.34. The van der Waals surface area contributed by atoms with Gasteiger partial charge in [-0.15, -0.1) is 0 Å². The molecule has 0 spiro atoms. The third kappa shape index (κ3) is 3.72. The van der Waals surface area contributed by atoms with Crippen LogP contribution in [-0.2, 0) is 20.3 Å². The normalized spacial score (nSPS) is 18.7. The first-order valence-corrected chi connectivity index (χ1v) is 8.86. The fraction of sp³-hybridized carbons (Fsp3) is 0.400. The van der Waals surface area contributed by atoms with E-state index in [4.69, 9.17) is 9.15 Å². The van der Waals surface area contributed by atoms with Crippen molar-refractivity contribution >= 4 is 9.84 Å². The molecule has 3 rings (SSSR count). The summed E-state index contributed by atoms with van der Waals surface area (Å²) in [5.41, 5.74) is 0.946. The van der Waals surface area contributed by atoms with E-state index in [9.17, 15) is 12.8 Å². The number of hydrogen-bond donors (Lipinski definition) is 0. The molecule has 0 N–H and O–H groups in total. The van der Waals surface area contributed by atoms with E-state index < -0.39 is 9.84 Å². The highest BCUT2D eigenvalue weighted by Gasteiger charge is 2.24. The number of nitrogens with zero attached hydrogens (tertiary/aromatic N) is 1. The Morgan fingerprint density at radius 3 is 2.73 bits per heavy atom. The number of ether oxygens (including phenoxy) is 1. The Balaban J connectivity index is 1.69. The molecular formula is C15H16FNO4S. The van der Waals surface area contributed by atoms with Crippen LogP contribution in [-0.4, -0.2) is 31.9 Å². The highest BCUT2D eigenvalue weighted by Crippen LogP contribution is 2.21. The van der Waals surface area contributed by atoms with E-state index >= 15 is 0 Å². The van der Waals surface area contributed by atoms with Crippen LogP contribution in [0.25, 0.3) is 11.5 Å². The summed E-state index contributed by atoms with van der Waals surface area (Å²) in [7, 11) is -3.30. The summed E-state index contributed by atoms with van der Waals surface area (Å²) < 4.78 is 47.8. The standard InChI is InChI=1S/C15H16FNO4S/c16-12-5-3-11(4-6-12)15-17-13(8-21-15)9-22(18,19)10-14-2-1-7-20-14/h3-6,8,14H,1-2,7,9-10H2/t14-/m0/s1. The van der Waals surface area contributed by atoms with Crippen molar-refractivity contribution in [2.45, 2.75) is 24.7 Å². The molecule has 1 saturated heterocycles. The van der Waals surface area contributed by atoms with Gasteiger partial charge in [-0.05, 0) is 37.1 Å². The number of halogens is 1.